The van der Waals surface area contributed by atoms with Crippen LogP contribution in [0.3, 0.4) is 0 Å². The topological polar surface area (TPSA) is 3.24 Å². The lowest BCUT2D eigenvalue weighted by Gasteiger charge is -2.27. The number of hydrogen-bond acceptors (Lipinski definition) is 2. The first-order chi connectivity index (χ1) is 21.8. The van der Waals surface area contributed by atoms with Gasteiger partial charge in [0.1, 0.15) is 0 Å². The normalized spacial score (nSPS) is 11.6. The standard InChI is InChI=1S/C42H27NS/c1-2-9-28(10-3-1)31-12-8-13-33(25-31)43(34-22-24-37-32(26-34)18-17-29-11-4-5-14-36(29)37)35-21-19-30-20-23-39-38-15-6-7-16-41(38)44-42(39)40(30)27-35/h1-27H. The maximum atomic E-state index is 2.41. The lowest BCUT2D eigenvalue weighted by atomic mass is 10.00. The smallest absolute Gasteiger partial charge is 0.0468 e. The maximum Gasteiger partial charge on any atom is 0.0468 e. The van der Waals surface area contributed by atoms with Crippen molar-refractivity contribution in [3.05, 3.63) is 164 Å². The van der Waals surface area contributed by atoms with Crippen LogP contribution in [0.4, 0.5) is 17.1 Å². The summed E-state index contributed by atoms with van der Waals surface area (Å²) in [6.45, 7) is 0. The van der Waals surface area contributed by atoms with Crippen molar-refractivity contribution in [3.63, 3.8) is 0 Å². The molecule has 44 heavy (non-hydrogen) atoms. The Labute approximate surface area is 259 Å². The first-order valence-corrected chi connectivity index (χ1v) is 15.8. The van der Waals surface area contributed by atoms with Gasteiger partial charge in [0.2, 0.25) is 0 Å². The van der Waals surface area contributed by atoms with Crippen LogP contribution in [0.1, 0.15) is 0 Å². The molecule has 0 spiro atoms. The van der Waals surface area contributed by atoms with Gasteiger partial charge in [0.15, 0.2) is 0 Å². The van der Waals surface area contributed by atoms with Crippen molar-refractivity contribution in [1.29, 1.82) is 0 Å². The van der Waals surface area contributed by atoms with E-state index in [4.69, 9.17) is 0 Å². The van der Waals surface area contributed by atoms with Gasteiger partial charge in [0, 0.05) is 42.6 Å². The molecule has 206 valence electrons. The number of nitrogens with zero attached hydrogens (tertiary/aromatic N) is 1. The molecule has 0 bridgehead atoms. The Morgan fingerprint density at radius 2 is 0.955 bits per heavy atom. The second-order valence-electron chi connectivity index (χ2n) is 11.4. The molecule has 0 atom stereocenters. The molecule has 0 amide bonds. The highest BCUT2D eigenvalue weighted by molar-refractivity contribution is 7.26. The van der Waals surface area contributed by atoms with Gasteiger partial charge in [-0.05, 0) is 80.5 Å². The average molecular weight is 578 g/mol. The summed E-state index contributed by atoms with van der Waals surface area (Å²) in [5.74, 6) is 0. The van der Waals surface area contributed by atoms with Crippen LogP contribution in [0.15, 0.2) is 164 Å². The number of anilines is 3. The zero-order valence-corrected chi connectivity index (χ0v) is 24.8. The highest BCUT2D eigenvalue weighted by Gasteiger charge is 2.17. The van der Waals surface area contributed by atoms with Gasteiger partial charge in [0.05, 0.1) is 0 Å². The summed E-state index contributed by atoms with van der Waals surface area (Å²) in [5.41, 5.74) is 5.83. The highest BCUT2D eigenvalue weighted by Crippen LogP contribution is 2.43. The summed E-state index contributed by atoms with van der Waals surface area (Å²) in [6.07, 6.45) is 0. The van der Waals surface area contributed by atoms with E-state index in [0.29, 0.717) is 0 Å². The van der Waals surface area contributed by atoms with Gasteiger partial charge >= 0.3 is 0 Å². The predicted molar refractivity (Wildman–Crippen MR) is 192 cm³/mol. The van der Waals surface area contributed by atoms with Crippen molar-refractivity contribution in [2.24, 2.45) is 0 Å². The lowest BCUT2D eigenvalue weighted by Crippen LogP contribution is -2.10. The zero-order valence-electron chi connectivity index (χ0n) is 23.9. The molecule has 2 heteroatoms. The van der Waals surface area contributed by atoms with Gasteiger partial charge < -0.3 is 4.90 Å². The van der Waals surface area contributed by atoms with Gasteiger partial charge in [-0.25, -0.2) is 0 Å². The highest BCUT2D eigenvalue weighted by atomic mass is 32.1. The first kappa shape index (κ1) is 25.1. The van der Waals surface area contributed by atoms with Crippen LogP contribution < -0.4 is 4.90 Å². The van der Waals surface area contributed by atoms with Gasteiger partial charge in [-0.2, -0.15) is 0 Å². The van der Waals surface area contributed by atoms with Crippen molar-refractivity contribution in [2.75, 3.05) is 4.90 Å². The van der Waals surface area contributed by atoms with E-state index in [1.54, 1.807) is 0 Å². The average Bonchev–Trinajstić information content (AvgIpc) is 3.48. The number of fused-ring (bicyclic) bond motifs is 8. The van der Waals surface area contributed by atoms with Crippen LogP contribution in [0.5, 0.6) is 0 Å². The molecule has 0 saturated heterocycles. The fourth-order valence-electron chi connectivity index (χ4n) is 6.67. The molecule has 0 aliphatic rings. The molecule has 0 N–H and O–H groups in total. The largest absolute Gasteiger partial charge is 0.310 e. The molecule has 0 unspecified atom stereocenters. The van der Waals surface area contributed by atoms with Crippen molar-refractivity contribution < 1.29 is 0 Å². The third-order valence-corrected chi connectivity index (χ3v) is 10.0. The van der Waals surface area contributed by atoms with Gasteiger partial charge in [-0.1, -0.05) is 121 Å². The number of hydrogen-bond donors (Lipinski definition) is 0. The van der Waals surface area contributed by atoms with E-state index < -0.39 is 0 Å². The molecule has 1 nitrogen and oxygen atoms in total. The molecule has 0 radical (unpaired) electrons. The summed E-state index contributed by atoms with van der Waals surface area (Å²) in [7, 11) is 0. The minimum Gasteiger partial charge on any atom is -0.310 e. The summed E-state index contributed by atoms with van der Waals surface area (Å²) >= 11 is 1.89. The fourth-order valence-corrected chi connectivity index (χ4v) is 7.90. The SMILES string of the molecule is c1ccc(-c2cccc(N(c3ccc4c(ccc5ccccc54)c3)c3ccc4ccc5c6ccccc6sc5c4c3)c2)cc1. The van der Waals surface area contributed by atoms with Crippen molar-refractivity contribution in [3.8, 4) is 11.1 Å². The van der Waals surface area contributed by atoms with Gasteiger partial charge in [-0.3, -0.25) is 0 Å². The van der Waals surface area contributed by atoms with E-state index in [2.05, 4.69) is 169 Å². The van der Waals surface area contributed by atoms with Crippen LogP contribution in [0, 0.1) is 0 Å². The third kappa shape index (κ3) is 4.07. The minimum atomic E-state index is 1.13. The first-order valence-electron chi connectivity index (χ1n) is 15.0. The van der Waals surface area contributed by atoms with Gasteiger partial charge in [0.25, 0.3) is 0 Å². The van der Waals surface area contributed by atoms with E-state index in [0.717, 1.165) is 17.1 Å². The molecule has 1 heterocycles. The third-order valence-electron chi connectivity index (χ3n) is 8.80. The Hall–Kier alpha value is -5.44. The molecule has 0 aliphatic heterocycles. The molecule has 8 aromatic carbocycles. The van der Waals surface area contributed by atoms with Gasteiger partial charge in [-0.15, -0.1) is 11.3 Å². The Bertz CT molecular complexity index is 2510. The summed E-state index contributed by atoms with van der Waals surface area (Å²) in [6, 6.07) is 59.8. The predicted octanol–water partition coefficient (Wildman–Crippen LogP) is 12.7. The lowest BCUT2D eigenvalue weighted by molar-refractivity contribution is 1.30. The molecule has 0 saturated carbocycles. The number of benzene rings is 8. The zero-order chi connectivity index (χ0) is 29.0. The second-order valence-corrected chi connectivity index (χ2v) is 12.4. The van der Waals surface area contributed by atoms with Crippen molar-refractivity contribution in [1.82, 2.24) is 0 Å². The molecular formula is C42H27NS. The fraction of sp³-hybridized carbons (Fsp3) is 0. The molecule has 0 fully saturated rings. The quantitative estimate of drug-likeness (QED) is 0.188. The van der Waals surface area contributed by atoms with E-state index in [9.17, 15) is 0 Å². The molecule has 1 aromatic heterocycles. The van der Waals surface area contributed by atoms with Crippen LogP contribution in [0.25, 0.3) is 63.6 Å². The summed E-state index contributed by atoms with van der Waals surface area (Å²) < 4.78 is 2.67. The maximum absolute atomic E-state index is 2.41. The summed E-state index contributed by atoms with van der Waals surface area (Å²) in [4.78, 5) is 2.41. The van der Waals surface area contributed by atoms with Crippen LogP contribution in [-0.4, -0.2) is 0 Å². The minimum absolute atomic E-state index is 1.13. The number of thiophene rings is 1. The second kappa shape index (κ2) is 10.1. The molecular weight excluding hydrogens is 551 g/mol. The van der Waals surface area contributed by atoms with E-state index in [1.807, 2.05) is 11.3 Å². The van der Waals surface area contributed by atoms with E-state index >= 15 is 0 Å². The number of rotatable bonds is 4. The van der Waals surface area contributed by atoms with Crippen molar-refractivity contribution >= 4 is 80.9 Å². The van der Waals surface area contributed by atoms with Crippen LogP contribution in [-0.2, 0) is 0 Å². The van der Waals surface area contributed by atoms with Crippen LogP contribution in [0.2, 0.25) is 0 Å². The van der Waals surface area contributed by atoms with Crippen LogP contribution >= 0.6 is 11.3 Å². The molecule has 9 aromatic rings. The Morgan fingerprint density at radius 3 is 1.89 bits per heavy atom. The van der Waals surface area contributed by atoms with E-state index in [1.165, 1.54) is 63.6 Å². The van der Waals surface area contributed by atoms with E-state index in [-0.39, 0.29) is 0 Å². The monoisotopic (exact) mass is 577 g/mol. The summed E-state index contributed by atoms with van der Waals surface area (Å²) in [5, 5.41) is 10.3. The Balaban J connectivity index is 1.28. The Morgan fingerprint density at radius 1 is 0.341 bits per heavy atom. The molecule has 0 aliphatic carbocycles. The molecule has 9 rings (SSSR count). The van der Waals surface area contributed by atoms with Crippen molar-refractivity contribution in [2.45, 2.75) is 0 Å². The Kier molecular flexibility index (Phi) is 5.75.